The van der Waals surface area contributed by atoms with E-state index in [1.165, 1.54) is 0 Å². The van der Waals surface area contributed by atoms with E-state index >= 15 is 8.78 Å². The molecule has 12 heteroatoms. The van der Waals surface area contributed by atoms with E-state index in [9.17, 15) is 22.7 Å². The summed E-state index contributed by atoms with van der Waals surface area (Å²) >= 11 is 0. The molecule has 3 aliphatic carbocycles. The minimum atomic E-state index is -3.82. The highest BCUT2D eigenvalue weighted by Crippen LogP contribution is 2.80. The van der Waals surface area contributed by atoms with E-state index < -0.39 is 52.7 Å². The van der Waals surface area contributed by atoms with E-state index in [2.05, 4.69) is 20.3 Å². The van der Waals surface area contributed by atoms with Gasteiger partial charge >= 0.3 is 6.61 Å². The lowest BCUT2D eigenvalue weighted by molar-refractivity contribution is -0.347. The summed E-state index contributed by atoms with van der Waals surface area (Å²) in [6, 6.07) is 8.65. The molecule has 1 unspecified atom stereocenters. The van der Waals surface area contributed by atoms with E-state index in [4.69, 9.17) is 0 Å². The maximum Gasteiger partial charge on any atom is 0.345 e. The van der Waals surface area contributed by atoms with E-state index in [0.29, 0.717) is 11.6 Å². The van der Waals surface area contributed by atoms with Crippen molar-refractivity contribution < 1.29 is 36.2 Å². The third-order valence-electron chi connectivity index (χ3n) is 7.32. The van der Waals surface area contributed by atoms with Crippen LogP contribution < -0.4 is 0 Å². The molecule has 3 fully saturated rings. The molecule has 6 nitrogen and oxygen atoms in total. The molecule has 3 aliphatic rings. The van der Waals surface area contributed by atoms with Gasteiger partial charge in [-0.05, 0) is 58.4 Å². The number of aromatic nitrogens is 4. The third-order valence-corrected chi connectivity index (χ3v) is 7.32. The van der Waals surface area contributed by atoms with Gasteiger partial charge in [0.1, 0.15) is 18.0 Å². The molecule has 0 amide bonds. The number of nitrogens with zero attached hydrogens (tertiary/aromatic N) is 4. The van der Waals surface area contributed by atoms with Crippen molar-refractivity contribution in [3.05, 3.63) is 77.1 Å². The molecule has 0 aliphatic heterocycles. The number of hydrogen-bond donors (Lipinski definition) is 1. The van der Waals surface area contributed by atoms with Crippen LogP contribution in [0.25, 0.3) is 0 Å². The average molecular weight is 498 g/mol. The third kappa shape index (κ3) is 3.61. The lowest BCUT2D eigenvalue weighted by Gasteiger charge is -2.74. The summed E-state index contributed by atoms with van der Waals surface area (Å²) in [6.45, 7) is -4.02. The molecule has 2 bridgehead atoms. The molecular formula is C23H20F6N4O2. The zero-order chi connectivity index (χ0) is 25.1. The van der Waals surface area contributed by atoms with Crippen LogP contribution >= 0.6 is 0 Å². The average Bonchev–Trinajstić information content (AvgIpc) is 3.23. The van der Waals surface area contributed by atoms with Gasteiger partial charge in [0.2, 0.25) is 0 Å². The Kier molecular flexibility index (Phi) is 5.44. The number of tetrazole rings is 1. The van der Waals surface area contributed by atoms with Crippen molar-refractivity contribution in [2.24, 2.45) is 5.41 Å². The predicted octanol–water partition coefficient (Wildman–Crippen LogP) is 4.34. The Hall–Kier alpha value is -2.99. The fourth-order valence-electron chi connectivity index (χ4n) is 5.65. The highest BCUT2D eigenvalue weighted by Gasteiger charge is 2.82. The molecule has 0 spiro atoms. The molecule has 2 aromatic carbocycles. The fraction of sp³-hybridized carbons (Fsp3) is 0.435. The maximum absolute atomic E-state index is 16.1. The minimum Gasteiger partial charge on any atom is -0.377 e. The molecule has 3 saturated carbocycles. The van der Waals surface area contributed by atoms with Crippen LogP contribution in [0.2, 0.25) is 0 Å². The molecule has 186 valence electrons. The summed E-state index contributed by atoms with van der Waals surface area (Å²) in [5.74, 6) is -6.09. The number of ether oxygens (including phenoxy) is 1. The Labute approximate surface area is 195 Å². The quantitative estimate of drug-likeness (QED) is 0.445. The van der Waals surface area contributed by atoms with Gasteiger partial charge in [-0.15, -0.1) is 5.10 Å². The van der Waals surface area contributed by atoms with Crippen molar-refractivity contribution >= 4 is 0 Å². The van der Waals surface area contributed by atoms with Gasteiger partial charge < -0.3 is 9.84 Å². The largest absolute Gasteiger partial charge is 0.377 e. The van der Waals surface area contributed by atoms with Crippen LogP contribution in [0.15, 0.2) is 48.8 Å². The zero-order valence-electron chi connectivity index (χ0n) is 18.1. The van der Waals surface area contributed by atoms with Crippen molar-refractivity contribution in [2.75, 3.05) is 0 Å². The molecule has 0 saturated heterocycles. The number of halogens is 6. The van der Waals surface area contributed by atoms with Crippen molar-refractivity contribution in [1.82, 2.24) is 20.2 Å². The van der Waals surface area contributed by atoms with E-state index in [0.717, 1.165) is 28.7 Å². The normalized spacial score (nSPS) is 25.1. The van der Waals surface area contributed by atoms with Crippen molar-refractivity contribution in [1.29, 1.82) is 0 Å². The van der Waals surface area contributed by atoms with Crippen molar-refractivity contribution in [3.63, 3.8) is 0 Å². The minimum absolute atomic E-state index is 0.0284. The summed E-state index contributed by atoms with van der Waals surface area (Å²) in [4.78, 5) is 0. The fourth-order valence-corrected chi connectivity index (χ4v) is 5.65. The highest BCUT2D eigenvalue weighted by atomic mass is 19.3. The standard InChI is InChI=1S/C23H20F6N4O2/c24-16-5-6-17(18(25)7-16)22(34,12-33-13-30-31-32-33)23(28,29)21-9-20(10-21,11-21)15-3-1-14(2-4-15)8-35-19(26)27/h1-7,13,19,34H,8-12H2. The zero-order valence-corrected chi connectivity index (χ0v) is 18.1. The van der Waals surface area contributed by atoms with Crippen LogP contribution in [0.4, 0.5) is 26.3 Å². The maximum atomic E-state index is 16.1. The molecule has 1 atom stereocenters. The van der Waals surface area contributed by atoms with Crippen LogP contribution in [-0.2, 0) is 28.9 Å². The monoisotopic (exact) mass is 498 g/mol. The van der Waals surface area contributed by atoms with Crippen LogP contribution in [-0.4, -0.2) is 37.8 Å². The summed E-state index contributed by atoms with van der Waals surface area (Å²) in [5.41, 5.74) is -4.68. The number of aliphatic hydroxyl groups is 1. The Balaban J connectivity index is 1.41. The van der Waals surface area contributed by atoms with Crippen LogP contribution in [0.1, 0.15) is 36.0 Å². The van der Waals surface area contributed by atoms with Gasteiger partial charge in [-0.1, -0.05) is 24.3 Å². The molecule has 0 radical (unpaired) electrons. The first-order valence-corrected chi connectivity index (χ1v) is 10.8. The van der Waals surface area contributed by atoms with Crippen LogP contribution in [0.5, 0.6) is 0 Å². The summed E-state index contributed by atoms with van der Waals surface area (Å²) in [6.07, 6.45) is 1.10. The van der Waals surface area contributed by atoms with E-state index in [1.54, 1.807) is 24.3 Å². The first-order chi connectivity index (χ1) is 16.5. The van der Waals surface area contributed by atoms with Gasteiger partial charge in [0.25, 0.3) is 5.92 Å². The van der Waals surface area contributed by atoms with Gasteiger partial charge in [-0.3, -0.25) is 0 Å². The smallest absolute Gasteiger partial charge is 0.345 e. The summed E-state index contributed by atoms with van der Waals surface area (Å²) < 4.78 is 90.0. The summed E-state index contributed by atoms with van der Waals surface area (Å²) in [7, 11) is 0. The Morgan fingerprint density at radius 1 is 1.06 bits per heavy atom. The molecule has 35 heavy (non-hydrogen) atoms. The van der Waals surface area contributed by atoms with Gasteiger partial charge in [0.15, 0.2) is 5.60 Å². The molecule has 6 rings (SSSR count). The SMILES string of the molecule is OC(Cn1cnnn1)(c1ccc(F)cc1F)C(F)(F)C12CC(c3ccc(COC(F)F)cc3)(C1)C2. The molecule has 1 heterocycles. The first-order valence-electron chi connectivity index (χ1n) is 10.8. The number of alkyl halides is 4. The molecule has 1 aromatic heterocycles. The topological polar surface area (TPSA) is 73.1 Å². The van der Waals surface area contributed by atoms with Crippen molar-refractivity contribution in [3.8, 4) is 0 Å². The Bertz CT molecular complexity index is 1200. The van der Waals surface area contributed by atoms with Crippen molar-refractivity contribution in [2.45, 2.75) is 56.0 Å². The lowest BCUT2D eigenvalue weighted by Crippen LogP contribution is -2.76. The summed E-state index contributed by atoms with van der Waals surface area (Å²) in [5, 5.41) is 21.7. The van der Waals surface area contributed by atoms with Gasteiger partial charge in [0.05, 0.1) is 13.2 Å². The first kappa shape index (κ1) is 23.7. The Morgan fingerprint density at radius 2 is 1.74 bits per heavy atom. The van der Waals surface area contributed by atoms with Gasteiger partial charge in [-0.25, -0.2) is 22.2 Å². The highest BCUT2D eigenvalue weighted by molar-refractivity contribution is 5.43. The molecular weight excluding hydrogens is 478 g/mol. The van der Waals surface area contributed by atoms with Gasteiger partial charge in [0, 0.05) is 17.0 Å². The second kappa shape index (κ2) is 8.02. The van der Waals surface area contributed by atoms with Gasteiger partial charge in [-0.2, -0.15) is 8.78 Å². The lowest BCUT2D eigenvalue weighted by atomic mass is 9.30. The number of benzene rings is 2. The second-order valence-corrected chi connectivity index (χ2v) is 9.43. The molecule has 1 N–H and O–H groups in total. The number of hydrogen-bond acceptors (Lipinski definition) is 5. The second-order valence-electron chi connectivity index (χ2n) is 9.43. The van der Waals surface area contributed by atoms with Crippen LogP contribution in [0.3, 0.4) is 0 Å². The van der Waals surface area contributed by atoms with E-state index in [-0.39, 0.29) is 25.9 Å². The molecule has 3 aromatic rings. The predicted molar refractivity (Wildman–Crippen MR) is 108 cm³/mol. The van der Waals surface area contributed by atoms with Crippen LogP contribution in [0, 0.1) is 17.0 Å². The number of rotatable bonds is 9. The van der Waals surface area contributed by atoms with E-state index in [1.807, 2.05) is 0 Å². The Morgan fingerprint density at radius 3 is 2.31 bits per heavy atom.